The van der Waals surface area contributed by atoms with E-state index in [-0.39, 0.29) is 16.6 Å². The number of carbonyl (C=O) groups excluding carboxylic acids is 1. The van der Waals surface area contributed by atoms with Crippen molar-refractivity contribution in [1.29, 1.82) is 0 Å². The van der Waals surface area contributed by atoms with E-state index in [1.165, 1.54) is 23.9 Å². The molecule has 22 heavy (non-hydrogen) atoms. The Balaban J connectivity index is 1.90. The van der Waals surface area contributed by atoms with Gasteiger partial charge in [0.1, 0.15) is 0 Å². The molecule has 0 aliphatic rings. The number of hydrogen-bond donors (Lipinski definition) is 1. The van der Waals surface area contributed by atoms with Crippen LogP contribution in [0.5, 0.6) is 0 Å². The molecule has 0 fully saturated rings. The van der Waals surface area contributed by atoms with Crippen LogP contribution in [0, 0.1) is 0 Å². The van der Waals surface area contributed by atoms with Crippen LogP contribution in [-0.4, -0.2) is 26.3 Å². The lowest BCUT2D eigenvalue weighted by atomic mass is 10.3. The van der Waals surface area contributed by atoms with Crippen LogP contribution in [0.25, 0.3) is 0 Å². The van der Waals surface area contributed by atoms with Gasteiger partial charge in [-0.25, -0.2) is 8.42 Å². The van der Waals surface area contributed by atoms with Gasteiger partial charge in [0, 0.05) is 21.3 Å². The van der Waals surface area contributed by atoms with Crippen LogP contribution in [0.15, 0.2) is 62.8 Å². The van der Waals surface area contributed by atoms with E-state index >= 15 is 0 Å². The second kappa shape index (κ2) is 7.30. The van der Waals surface area contributed by atoms with E-state index < -0.39 is 9.84 Å². The van der Waals surface area contributed by atoms with Crippen LogP contribution in [0.2, 0.25) is 0 Å². The number of hydrogen-bond acceptors (Lipinski definition) is 4. The summed E-state index contributed by atoms with van der Waals surface area (Å²) in [5, 5.41) is 2.74. The van der Waals surface area contributed by atoms with E-state index in [9.17, 15) is 13.2 Å². The highest BCUT2D eigenvalue weighted by molar-refractivity contribution is 9.10. The summed E-state index contributed by atoms with van der Waals surface area (Å²) in [7, 11) is -3.22. The lowest BCUT2D eigenvalue weighted by Crippen LogP contribution is -2.14. The van der Waals surface area contributed by atoms with Gasteiger partial charge < -0.3 is 5.32 Å². The molecule has 0 aliphatic heterocycles. The highest BCUT2D eigenvalue weighted by Gasteiger charge is 2.08. The van der Waals surface area contributed by atoms with E-state index in [1.807, 2.05) is 24.3 Å². The highest BCUT2D eigenvalue weighted by atomic mass is 79.9. The summed E-state index contributed by atoms with van der Waals surface area (Å²) < 4.78 is 23.7. The van der Waals surface area contributed by atoms with Gasteiger partial charge in [-0.1, -0.05) is 15.9 Å². The Hall–Kier alpha value is -1.31. The first-order valence-corrected chi connectivity index (χ1v) is 10.00. The van der Waals surface area contributed by atoms with Crippen molar-refractivity contribution in [2.24, 2.45) is 0 Å². The van der Waals surface area contributed by atoms with Crippen LogP contribution < -0.4 is 5.32 Å². The Morgan fingerprint density at radius 2 is 1.68 bits per heavy atom. The summed E-state index contributed by atoms with van der Waals surface area (Å²) in [5.74, 6) is 0.148. The molecule has 4 nitrogen and oxygen atoms in total. The summed E-state index contributed by atoms with van der Waals surface area (Å²) in [6.45, 7) is 0. The monoisotopic (exact) mass is 399 g/mol. The van der Waals surface area contributed by atoms with Crippen LogP contribution in [0.4, 0.5) is 5.69 Å². The molecule has 1 amide bonds. The molecular weight excluding hydrogens is 386 g/mol. The summed E-state index contributed by atoms with van der Waals surface area (Å²) in [5.41, 5.74) is 0.578. The molecule has 0 atom stereocenters. The predicted octanol–water partition coefficient (Wildman–Crippen LogP) is 3.58. The lowest BCUT2D eigenvalue weighted by molar-refractivity contribution is -0.113. The largest absolute Gasteiger partial charge is 0.325 e. The Bertz CT molecular complexity index is 756. The van der Waals surface area contributed by atoms with Crippen LogP contribution in [-0.2, 0) is 14.6 Å². The Morgan fingerprint density at radius 1 is 1.09 bits per heavy atom. The number of sulfone groups is 1. The zero-order chi connectivity index (χ0) is 16.2. The first-order chi connectivity index (χ1) is 10.3. The molecule has 1 N–H and O–H groups in total. The lowest BCUT2D eigenvalue weighted by Gasteiger charge is -2.06. The third-order valence-electron chi connectivity index (χ3n) is 2.75. The molecule has 0 heterocycles. The molecule has 7 heteroatoms. The molecular formula is C15H14BrNO3S2. The Morgan fingerprint density at radius 3 is 2.23 bits per heavy atom. The highest BCUT2D eigenvalue weighted by Crippen LogP contribution is 2.21. The van der Waals surface area contributed by atoms with Crippen LogP contribution in [0.3, 0.4) is 0 Å². The normalized spacial score (nSPS) is 11.2. The molecule has 0 bridgehead atoms. The van der Waals surface area contributed by atoms with Gasteiger partial charge in [0.2, 0.25) is 5.91 Å². The van der Waals surface area contributed by atoms with Gasteiger partial charge >= 0.3 is 0 Å². The molecule has 0 radical (unpaired) electrons. The molecule has 0 aromatic heterocycles. The van der Waals surface area contributed by atoms with Gasteiger partial charge in [-0.2, -0.15) is 0 Å². The molecule has 2 rings (SSSR count). The summed E-state index contributed by atoms with van der Waals surface area (Å²) in [6.07, 6.45) is 1.15. The number of amides is 1. The maximum Gasteiger partial charge on any atom is 0.234 e. The molecule has 0 spiro atoms. The standard InChI is InChI=1S/C15H14BrNO3S2/c1-22(19,20)14-8-4-12(5-9-14)17-15(18)10-21-13-6-2-11(16)3-7-13/h2-9H,10H2,1H3,(H,17,18). The van der Waals surface area contributed by atoms with E-state index in [4.69, 9.17) is 0 Å². The minimum atomic E-state index is -3.22. The Kier molecular flexibility index (Phi) is 5.66. The summed E-state index contributed by atoms with van der Waals surface area (Å²) in [4.78, 5) is 13.1. The molecule has 116 valence electrons. The molecule has 2 aromatic rings. The quantitative estimate of drug-likeness (QED) is 0.780. The first-order valence-electron chi connectivity index (χ1n) is 6.33. The van der Waals surface area contributed by atoms with Crippen molar-refractivity contribution < 1.29 is 13.2 Å². The van der Waals surface area contributed by atoms with Gasteiger partial charge in [-0.3, -0.25) is 4.79 Å². The SMILES string of the molecule is CS(=O)(=O)c1ccc(NC(=O)CSc2ccc(Br)cc2)cc1. The number of nitrogens with one attached hydrogen (secondary N) is 1. The van der Waals surface area contributed by atoms with Crippen molar-refractivity contribution in [3.05, 3.63) is 53.0 Å². The minimum absolute atomic E-state index is 0.139. The predicted molar refractivity (Wildman–Crippen MR) is 93.0 cm³/mol. The fourth-order valence-electron chi connectivity index (χ4n) is 1.66. The maximum atomic E-state index is 11.9. The van der Waals surface area contributed by atoms with Crippen LogP contribution in [0.1, 0.15) is 0 Å². The fourth-order valence-corrected chi connectivity index (χ4v) is 3.26. The van der Waals surface area contributed by atoms with Crippen LogP contribution >= 0.6 is 27.7 Å². The van der Waals surface area contributed by atoms with Gasteiger partial charge in [-0.15, -0.1) is 11.8 Å². The summed E-state index contributed by atoms with van der Waals surface area (Å²) in [6, 6.07) is 13.8. The van der Waals surface area contributed by atoms with Crippen molar-refractivity contribution in [3.63, 3.8) is 0 Å². The van der Waals surface area contributed by atoms with E-state index in [0.717, 1.165) is 15.6 Å². The van der Waals surface area contributed by atoms with Gasteiger partial charge in [0.25, 0.3) is 0 Å². The number of anilines is 1. The summed E-state index contributed by atoms with van der Waals surface area (Å²) >= 11 is 4.79. The van der Waals surface area contributed by atoms with E-state index in [2.05, 4.69) is 21.2 Å². The van der Waals surface area contributed by atoms with Gasteiger partial charge in [-0.05, 0) is 48.5 Å². The number of halogens is 1. The van der Waals surface area contributed by atoms with Crippen molar-refractivity contribution in [2.75, 3.05) is 17.3 Å². The van der Waals surface area contributed by atoms with E-state index in [1.54, 1.807) is 12.1 Å². The number of carbonyl (C=O) groups is 1. The zero-order valence-electron chi connectivity index (χ0n) is 11.7. The second-order valence-electron chi connectivity index (χ2n) is 4.59. The Labute approximate surface area is 142 Å². The molecule has 2 aromatic carbocycles. The topological polar surface area (TPSA) is 63.2 Å². The zero-order valence-corrected chi connectivity index (χ0v) is 15.0. The van der Waals surface area contributed by atoms with Gasteiger partial charge in [0.15, 0.2) is 9.84 Å². The van der Waals surface area contributed by atoms with Crippen molar-refractivity contribution in [1.82, 2.24) is 0 Å². The van der Waals surface area contributed by atoms with E-state index in [0.29, 0.717) is 5.69 Å². The van der Waals surface area contributed by atoms with Crippen molar-refractivity contribution in [2.45, 2.75) is 9.79 Å². The molecule has 0 unspecified atom stereocenters. The molecule has 0 saturated carbocycles. The number of thioether (sulfide) groups is 1. The fraction of sp³-hybridized carbons (Fsp3) is 0.133. The van der Waals surface area contributed by atoms with Crippen molar-refractivity contribution in [3.8, 4) is 0 Å². The second-order valence-corrected chi connectivity index (χ2v) is 8.57. The van der Waals surface area contributed by atoms with Gasteiger partial charge in [0.05, 0.1) is 10.6 Å². The first kappa shape index (κ1) is 17.1. The van der Waals surface area contributed by atoms with Crippen molar-refractivity contribution >= 4 is 49.1 Å². The minimum Gasteiger partial charge on any atom is -0.325 e. The number of rotatable bonds is 5. The smallest absolute Gasteiger partial charge is 0.234 e. The maximum absolute atomic E-state index is 11.9. The average Bonchev–Trinajstić information content (AvgIpc) is 2.46. The average molecular weight is 400 g/mol. The number of benzene rings is 2. The third-order valence-corrected chi connectivity index (χ3v) is 5.42. The molecule has 0 aliphatic carbocycles. The third kappa shape index (κ3) is 5.15. The molecule has 0 saturated heterocycles.